The van der Waals surface area contributed by atoms with Crippen molar-refractivity contribution in [2.45, 2.75) is 38.3 Å². The van der Waals surface area contributed by atoms with Crippen LogP contribution in [0, 0.1) is 16.0 Å². The van der Waals surface area contributed by atoms with Crippen molar-refractivity contribution in [2.24, 2.45) is 11.7 Å². The molecule has 0 aliphatic heterocycles. The minimum Gasteiger partial charge on any atom is -0.352 e. The summed E-state index contributed by atoms with van der Waals surface area (Å²) in [5.41, 5.74) is 6.73. The van der Waals surface area contributed by atoms with Crippen molar-refractivity contribution in [3.63, 3.8) is 0 Å². The van der Waals surface area contributed by atoms with Crippen molar-refractivity contribution in [3.8, 4) is 0 Å². The Morgan fingerprint density at radius 2 is 1.85 bits per heavy atom. The van der Waals surface area contributed by atoms with E-state index in [2.05, 4.69) is 5.32 Å². The van der Waals surface area contributed by atoms with Crippen LogP contribution in [0.25, 0.3) is 0 Å². The van der Waals surface area contributed by atoms with Crippen LogP contribution in [0.5, 0.6) is 0 Å². The highest BCUT2D eigenvalue weighted by atomic mass is 16.6. The Labute approximate surface area is 117 Å². The predicted octanol–water partition coefficient (Wildman–Crippen LogP) is 1.73. The molecule has 1 saturated carbocycles. The summed E-state index contributed by atoms with van der Waals surface area (Å²) >= 11 is 0. The van der Waals surface area contributed by atoms with Gasteiger partial charge in [0.15, 0.2) is 0 Å². The van der Waals surface area contributed by atoms with Crippen LogP contribution in [-0.2, 0) is 11.3 Å². The molecule has 0 spiro atoms. The molecule has 20 heavy (non-hydrogen) atoms. The number of nitro benzene ring substituents is 1. The number of carbonyl (C=O) groups is 1. The second-order valence-electron chi connectivity index (χ2n) is 5.25. The third-order valence-electron chi connectivity index (χ3n) is 3.76. The average molecular weight is 277 g/mol. The van der Waals surface area contributed by atoms with Gasteiger partial charge in [-0.25, -0.2) is 0 Å². The van der Waals surface area contributed by atoms with Gasteiger partial charge < -0.3 is 11.1 Å². The van der Waals surface area contributed by atoms with E-state index in [1.807, 2.05) is 0 Å². The molecule has 1 fully saturated rings. The fraction of sp³-hybridized carbons (Fsp3) is 0.500. The number of nitrogens with two attached hydrogens (primary N) is 1. The van der Waals surface area contributed by atoms with Crippen LogP contribution in [0.1, 0.15) is 31.2 Å². The van der Waals surface area contributed by atoms with E-state index in [9.17, 15) is 14.9 Å². The SMILES string of the molecule is NC1CCC(C(=O)NCc2ccc([N+](=O)[O-])cc2)CC1. The summed E-state index contributed by atoms with van der Waals surface area (Å²) < 4.78 is 0. The number of hydrogen-bond acceptors (Lipinski definition) is 4. The van der Waals surface area contributed by atoms with Gasteiger partial charge in [-0.05, 0) is 31.2 Å². The lowest BCUT2D eigenvalue weighted by atomic mass is 9.86. The fourth-order valence-electron chi connectivity index (χ4n) is 2.45. The van der Waals surface area contributed by atoms with Gasteiger partial charge in [0.25, 0.3) is 5.69 Å². The quantitative estimate of drug-likeness (QED) is 0.646. The highest BCUT2D eigenvalue weighted by molar-refractivity contribution is 5.78. The Balaban J connectivity index is 1.82. The molecule has 0 heterocycles. The highest BCUT2D eigenvalue weighted by Crippen LogP contribution is 2.23. The molecule has 0 saturated heterocycles. The summed E-state index contributed by atoms with van der Waals surface area (Å²) in [6.07, 6.45) is 3.48. The number of non-ortho nitro benzene ring substituents is 1. The Morgan fingerprint density at radius 1 is 1.25 bits per heavy atom. The summed E-state index contributed by atoms with van der Waals surface area (Å²) in [5, 5.41) is 13.4. The standard InChI is InChI=1S/C14H19N3O3/c15-12-5-3-11(4-6-12)14(18)16-9-10-1-7-13(8-2-10)17(19)20/h1-2,7-8,11-12H,3-6,9,15H2,(H,16,18). The van der Waals surface area contributed by atoms with Gasteiger partial charge in [0, 0.05) is 30.6 Å². The number of nitrogens with zero attached hydrogens (tertiary/aromatic N) is 1. The lowest BCUT2D eigenvalue weighted by Gasteiger charge is -2.25. The molecule has 6 heteroatoms. The number of rotatable bonds is 4. The van der Waals surface area contributed by atoms with Crippen molar-refractivity contribution < 1.29 is 9.72 Å². The number of carbonyl (C=O) groups excluding carboxylic acids is 1. The van der Waals surface area contributed by atoms with Crippen molar-refractivity contribution in [1.82, 2.24) is 5.32 Å². The van der Waals surface area contributed by atoms with E-state index in [1.54, 1.807) is 12.1 Å². The first-order chi connectivity index (χ1) is 9.56. The number of hydrogen-bond donors (Lipinski definition) is 2. The Kier molecular flexibility index (Phi) is 4.68. The van der Waals surface area contributed by atoms with Gasteiger partial charge in [-0.2, -0.15) is 0 Å². The smallest absolute Gasteiger partial charge is 0.269 e. The van der Waals surface area contributed by atoms with Crippen LogP contribution in [0.3, 0.4) is 0 Å². The molecule has 1 aliphatic rings. The zero-order valence-electron chi connectivity index (χ0n) is 11.2. The van der Waals surface area contributed by atoms with Crippen LogP contribution in [0.4, 0.5) is 5.69 Å². The average Bonchev–Trinajstić information content (AvgIpc) is 2.46. The van der Waals surface area contributed by atoms with E-state index >= 15 is 0 Å². The predicted molar refractivity (Wildman–Crippen MR) is 74.9 cm³/mol. The first-order valence-corrected chi connectivity index (χ1v) is 6.83. The molecule has 0 radical (unpaired) electrons. The minimum absolute atomic E-state index is 0.0489. The van der Waals surface area contributed by atoms with Crippen LogP contribution < -0.4 is 11.1 Å². The van der Waals surface area contributed by atoms with E-state index in [0.717, 1.165) is 31.2 Å². The summed E-state index contributed by atoms with van der Waals surface area (Å²) in [4.78, 5) is 22.1. The van der Waals surface area contributed by atoms with Gasteiger partial charge in [0.05, 0.1) is 4.92 Å². The van der Waals surface area contributed by atoms with E-state index in [-0.39, 0.29) is 23.6 Å². The Bertz CT molecular complexity index is 479. The fourth-order valence-corrected chi connectivity index (χ4v) is 2.45. The van der Waals surface area contributed by atoms with Gasteiger partial charge in [-0.3, -0.25) is 14.9 Å². The van der Waals surface area contributed by atoms with E-state index in [0.29, 0.717) is 6.54 Å². The third kappa shape index (κ3) is 3.77. The molecule has 0 atom stereocenters. The molecule has 0 unspecified atom stereocenters. The van der Waals surface area contributed by atoms with E-state index in [4.69, 9.17) is 5.73 Å². The molecule has 1 aliphatic carbocycles. The molecule has 1 aromatic carbocycles. The molecule has 3 N–H and O–H groups in total. The molecule has 0 bridgehead atoms. The van der Waals surface area contributed by atoms with Gasteiger partial charge in [0.2, 0.25) is 5.91 Å². The van der Waals surface area contributed by atoms with Crippen molar-refractivity contribution in [2.75, 3.05) is 0 Å². The van der Waals surface area contributed by atoms with Gasteiger partial charge in [-0.1, -0.05) is 12.1 Å². The van der Waals surface area contributed by atoms with Crippen molar-refractivity contribution in [1.29, 1.82) is 0 Å². The maximum atomic E-state index is 12.0. The Hall–Kier alpha value is -1.95. The molecular formula is C14H19N3O3. The van der Waals surface area contributed by atoms with E-state index < -0.39 is 4.92 Å². The van der Waals surface area contributed by atoms with Crippen LogP contribution in [-0.4, -0.2) is 16.9 Å². The number of benzene rings is 1. The van der Waals surface area contributed by atoms with Crippen LogP contribution in [0.2, 0.25) is 0 Å². The maximum absolute atomic E-state index is 12.0. The molecule has 108 valence electrons. The molecule has 6 nitrogen and oxygen atoms in total. The second-order valence-corrected chi connectivity index (χ2v) is 5.25. The topological polar surface area (TPSA) is 98.3 Å². The maximum Gasteiger partial charge on any atom is 0.269 e. The zero-order chi connectivity index (χ0) is 14.5. The molecule has 0 aromatic heterocycles. The van der Waals surface area contributed by atoms with Gasteiger partial charge in [0.1, 0.15) is 0 Å². The van der Waals surface area contributed by atoms with Crippen molar-refractivity contribution in [3.05, 3.63) is 39.9 Å². The lowest BCUT2D eigenvalue weighted by molar-refractivity contribution is -0.384. The molecule has 1 aromatic rings. The molecule has 2 rings (SSSR count). The van der Waals surface area contributed by atoms with Crippen molar-refractivity contribution >= 4 is 11.6 Å². The number of amides is 1. The second kappa shape index (κ2) is 6.47. The van der Waals surface area contributed by atoms with Gasteiger partial charge >= 0.3 is 0 Å². The lowest BCUT2D eigenvalue weighted by Crippen LogP contribution is -2.35. The summed E-state index contributed by atoms with van der Waals surface area (Å²) in [5.74, 6) is 0.100. The summed E-state index contributed by atoms with van der Waals surface area (Å²) in [6.45, 7) is 0.402. The monoisotopic (exact) mass is 277 g/mol. The number of nitro groups is 1. The normalized spacial score (nSPS) is 22.2. The molecule has 1 amide bonds. The first kappa shape index (κ1) is 14.5. The first-order valence-electron chi connectivity index (χ1n) is 6.83. The molecular weight excluding hydrogens is 258 g/mol. The Morgan fingerprint density at radius 3 is 2.40 bits per heavy atom. The third-order valence-corrected chi connectivity index (χ3v) is 3.76. The summed E-state index contributed by atoms with van der Waals surface area (Å²) in [6, 6.07) is 6.45. The zero-order valence-corrected chi connectivity index (χ0v) is 11.2. The number of nitrogens with one attached hydrogen (secondary N) is 1. The highest BCUT2D eigenvalue weighted by Gasteiger charge is 2.24. The van der Waals surface area contributed by atoms with Gasteiger partial charge in [-0.15, -0.1) is 0 Å². The largest absolute Gasteiger partial charge is 0.352 e. The van der Waals surface area contributed by atoms with Crippen LogP contribution >= 0.6 is 0 Å². The van der Waals surface area contributed by atoms with Crippen LogP contribution in [0.15, 0.2) is 24.3 Å². The van der Waals surface area contributed by atoms with E-state index in [1.165, 1.54) is 12.1 Å². The minimum atomic E-state index is -0.437. The summed E-state index contributed by atoms with van der Waals surface area (Å²) in [7, 11) is 0.